The Labute approximate surface area is 160 Å². The Morgan fingerprint density at radius 1 is 1.25 bits per heavy atom. The molecular weight excluding hydrogens is 361 g/mol. The van der Waals surface area contributed by atoms with Gasteiger partial charge in [-0.05, 0) is 48.7 Å². The number of aromatic nitrogens is 3. The van der Waals surface area contributed by atoms with E-state index in [0.717, 1.165) is 15.8 Å². The van der Waals surface area contributed by atoms with Gasteiger partial charge in [0.05, 0.1) is 5.56 Å². The standard InChI is InChI=1S/C20H16FN5O2/c1-12-7-17(25-26(2)20(12)28)19(27)24-18-6-4-14(11-23-18)8-13-3-5-16(21)15(9-13)10-22/h3-7,9,11H,8H2,1-2H3,(H,23,24,27). The first-order chi connectivity index (χ1) is 13.4. The highest BCUT2D eigenvalue weighted by molar-refractivity contribution is 6.02. The first-order valence-corrected chi connectivity index (χ1v) is 8.37. The van der Waals surface area contributed by atoms with Crippen LogP contribution in [-0.2, 0) is 13.5 Å². The summed E-state index contributed by atoms with van der Waals surface area (Å²) in [7, 11) is 1.48. The molecule has 1 amide bonds. The maximum atomic E-state index is 13.4. The first-order valence-electron chi connectivity index (χ1n) is 8.37. The van der Waals surface area contributed by atoms with E-state index in [9.17, 15) is 14.0 Å². The average Bonchev–Trinajstić information content (AvgIpc) is 2.68. The normalized spacial score (nSPS) is 10.4. The number of halogens is 1. The maximum absolute atomic E-state index is 13.4. The second kappa shape index (κ2) is 7.80. The predicted octanol–water partition coefficient (Wildman–Crippen LogP) is 2.34. The molecule has 0 unspecified atom stereocenters. The van der Waals surface area contributed by atoms with Crippen molar-refractivity contribution >= 4 is 11.7 Å². The van der Waals surface area contributed by atoms with Crippen LogP contribution in [0.4, 0.5) is 10.2 Å². The number of amides is 1. The SMILES string of the molecule is Cc1cc(C(=O)Nc2ccc(Cc3ccc(F)c(C#N)c3)cn2)nn(C)c1=O. The van der Waals surface area contributed by atoms with E-state index in [1.807, 2.05) is 6.07 Å². The number of pyridine rings is 1. The minimum atomic E-state index is -0.551. The zero-order chi connectivity index (χ0) is 20.3. The van der Waals surface area contributed by atoms with Crippen molar-refractivity contribution < 1.29 is 9.18 Å². The van der Waals surface area contributed by atoms with Crippen molar-refractivity contribution in [3.05, 3.63) is 86.7 Å². The van der Waals surface area contributed by atoms with Crippen LogP contribution in [-0.4, -0.2) is 20.7 Å². The fourth-order valence-corrected chi connectivity index (χ4v) is 2.66. The van der Waals surface area contributed by atoms with Crippen molar-refractivity contribution in [3.8, 4) is 6.07 Å². The predicted molar refractivity (Wildman–Crippen MR) is 100 cm³/mol. The van der Waals surface area contributed by atoms with E-state index in [2.05, 4.69) is 15.4 Å². The summed E-state index contributed by atoms with van der Waals surface area (Å²) in [5.74, 6) is -0.695. The fourth-order valence-electron chi connectivity index (χ4n) is 2.66. The Morgan fingerprint density at radius 3 is 2.64 bits per heavy atom. The van der Waals surface area contributed by atoms with E-state index in [4.69, 9.17) is 5.26 Å². The Bertz CT molecular complexity index is 1120. The number of aryl methyl sites for hydroxylation is 2. The smallest absolute Gasteiger partial charge is 0.277 e. The number of nitrogens with one attached hydrogen (secondary N) is 1. The number of benzene rings is 1. The summed E-state index contributed by atoms with van der Waals surface area (Å²) < 4.78 is 14.5. The van der Waals surface area contributed by atoms with Gasteiger partial charge in [-0.1, -0.05) is 12.1 Å². The summed E-state index contributed by atoms with van der Waals surface area (Å²) in [5.41, 5.74) is 1.88. The van der Waals surface area contributed by atoms with Crippen molar-refractivity contribution in [3.63, 3.8) is 0 Å². The number of rotatable bonds is 4. The van der Waals surface area contributed by atoms with Gasteiger partial charge in [-0.25, -0.2) is 14.1 Å². The van der Waals surface area contributed by atoms with Crippen LogP contribution < -0.4 is 10.9 Å². The van der Waals surface area contributed by atoms with Gasteiger partial charge in [0.2, 0.25) is 0 Å². The lowest BCUT2D eigenvalue weighted by molar-refractivity contribution is 0.101. The molecule has 2 aromatic heterocycles. The number of nitriles is 1. The van der Waals surface area contributed by atoms with Crippen molar-refractivity contribution in [2.45, 2.75) is 13.3 Å². The van der Waals surface area contributed by atoms with Crippen LogP contribution in [0.3, 0.4) is 0 Å². The van der Waals surface area contributed by atoms with Gasteiger partial charge in [0, 0.05) is 18.8 Å². The van der Waals surface area contributed by atoms with Crippen molar-refractivity contribution in [1.82, 2.24) is 14.8 Å². The average molecular weight is 377 g/mol. The molecule has 2 heterocycles. The third-order valence-electron chi connectivity index (χ3n) is 4.10. The Morgan fingerprint density at radius 2 is 2.00 bits per heavy atom. The number of nitrogens with zero attached hydrogens (tertiary/aromatic N) is 4. The van der Waals surface area contributed by atoms with Gasteiger partial charge in [-0.15, -0.1) is 0 Å². The maximum Gasteiger partial charge on any atom is 0.277 e. The van der Waals surface area contributed by atoms with E-state index in [0.29, 0.717) is 17.8 Å². The third kappa shape index (κ3) is 4.10. The summed E-state index contributed by atoms with van der Waals surface area (Å²) >= 11 is 0. The van der Waals surface area contributed by atoms with Crippen molar-refractivity contribution in [2.24, 2.45) is 7.05 Å². The molecule has 0 aliphatic rings. The van der Waals surface area contributed by atoms with E-state index in [1.54, 1.807) is 31.3 Å². The molecule has 7 nitrogen and oxygen atoms in total. The zero-order valence-corrected chi connectivity index (χ0v) is 15.2. The minimum Gasteiger partial charge on any atom is -0.305 e. The van der Waals surface area contributed by atoms with Gasteiger partial charge >= 0.3 is 0 Å². The van der Waals surface area contributed by atoms with Crippen LogP contribution in [0.25, 0.3) is 0 Å². The van der Waals surface area contributed by atoms with Crippen LogP contribution in [0, 0.1) is 24.1 Å². The highest BCUT2D eigenvalue weighted by Crippen LogP contribution is 2.15. The molecule has 0 atom stereocenters. The second-order valence-corrected chi connectivity index (χ2v) is 6.25. The molecule has 0 bridgehead atoms. The summed E-state index contributed by atoms with van der Waals surface area (Å²) in [6.07, 6.45) is 2.06. The highest BCUT2D eigenvalue weighted by Gasteiger charge is 2.12. The summed E-state index contributed by atoms with van der Waals surface area (Å²) in [5, 5.41) is 15.5. The number of hydrogen-bond donors (Lipinski definition) is 1. The monoisotopic (exact) mass is 377 g/mol. The van der Waals surface area contributed by atoms with E-state index in [-0.39, 0.29) is 16.8 Å². The molecular formula is C20H16FN5O2. The molecule has 28 heavy (non-hydrogen) atoms. The quantitative estimate of drug-likeness (QED) is 0.752. The van der Waals surface area contributed by atoms with Gasteiger partial charge in [0.25, 0.3) is 11.5 Å². The second-order valence-electron chi connectivity index (χ2n) is 6.25. The Balaban J connectivity index is 1.72. The van der Waals surface area contributed by atoms with Crippen LogP contribution in [0.2, 0.25) is 0 Å². The molecule has 0 saturated carbocycles. The number of anilines is 1. The number of carbonyl (C=O) groups excluding carboxylic acids is 1. The van der Waals surface area contributed by atoms with Crippen LogP contribution in [0.15, 0.2) is 47.4 Å². The molecule has 0 saturated heterocycles. The lowest BCUT2D eigenvalue weighted by Gasteiger charge is -2.07. The number of hydrogen-bond acceptors (Lipinski definition) is 5. The molecule has 0 spiro atoms. The molecule has 8 heteroatoms. The molecule has 0 aliphatic carbocycles. The van der Waals surface area contributed by atoms with Gasteiger partial charge in [0.1, 0.15) is 23.4 Å². The van der Waals surface area contributed by atoms with Crippen molar-refractivity contribution in [2.75, 3.05) is 5.32 Å². The Hall–Kier alpha value is -3.86. The molecule has 1 aromatic carbocycles. The summed E-state index contributed by atoms with van der Waals surface area (Å²) in [6, 6.07) is 11.0. The van der Waals surface area contributed by atoms with Crippen LogP contribution >= 0.6 is 0 Å². The zero-order valence-electron chi connectivity index (χ0n) is 15.2. The molecule has 3 aromatic rings. The molecule has 3 rings (SSSR count). The van der Waals surface area contributed by atoms with E-state index >= 15 is 0 Å². The van der Waals surface area contributed by atoms with E-state index < -0.39 is 11.7 Å². The van der Waals surface area contributed by atoms with Gasteiger partial charge < -0.3 is 5.32 Å². The van der Waals surface area contributed by atoms with Gasteiger partial charge in [0.15, 0.2) is 0 Å². The first kappa shape index (κ1) is 18.9. The Kier molecular flexibility index (Phi) is 5.27. The molecule has 1 N–H and O–H groups in total. The molecule has 0 aliphatic heterocycles. The molecule has 0 radical (unpaired) electrons. The summed E-state index contributed by atoms with van der Waals surface area (Å²) in [6.45, 7) is 1.61. The van der Waals surface area contributed by atoms with Gasteiger partial charge in [-0.3, -0.25) is 9.59 Å². The molecule has 0 fully saturated rings. The minimum absolute atomic E-state index is 0.00519. The third-order valence-corrected chi connectivity index (χ3v) is 4.10. The van der Waals surface area contributed by atoms with Gasteiger partial charge in [-0.2, -0.15) is 10.4 Å². The summed E-state index contributed by atoms with van der Waals surface area (Å²) in [4.78, 5) is 28.2. The topological polar surface area (TPSA) is 101 Å². The van der Waals surface area contributed by atoms with Crippen LogP contribution in [0.5, 0.6) is 0 Å². The molecule has 140 valence electrons. The fraction of sp³-hybridized carbons (Fsp3) is 0.150. The lowest BCUT2D eigenvalue weighted by Crippen LogP contribution is -2.26. The van der Waals surface area contributed by atoms with Crippen molar-refractivity contribution in [1.29, 1.82) is 5.26 Å². The lowest BCUT2D eigenvalue weighted by atomic mass is 10.0. The van der Waals surface area contributed by atoms with E-state index in [1.165, 1.54) is 25.2 Å². The largest absolute Gasteiger partial charge is 0.305 e. The number of carbonyl (C=O) groups is 1. The highest BCUT2D eigenvalue weighted by atomic mass is 19.1. The van der Waals surface area contributed by atoms with Crippen LogP contribution in [0.1, 0.15) is 32.7 Å².